The van der Waals surface area contributed by atoms with Crippen molar-refractivity contribution in [3.05, 3.63) is 71.5 Å². The Labute approximate surface area is 146 Å². The van der Waals surface area contributed by atoms with Gasteiger partial charge in [-0.25, -0.2) is 0 Å². The molecule has 4 nitrogen and oxygen atoms in total. The van der Waals surface area contributed by atoms with Crippen molar-refractivity contribution < 1.29 is 22.4 Å². The lowest BCUT2D eigenvalue weighted by atomic mass is 10.1. The lowest BCUT2D eigenvalue weighted by molar-refractivity contribution is -0.137. The quantitative estimate of drug-likeness (QED) is 0.531. The number of hydrogen-bond donors (Lipinski definition) is 1. The van der Waals surface area contributed by atoms with E-state index >= 15 is 0 Å². The SMILES string of the molecule is N#C/C(=C\c1cc2ccccc2o1)C(=O)Nc1cccc(C(F)(F)F)c1. The predicted molar refractivity (Wildman–Crippen MR) is 89.9 cm³/mol. The summed E-state index contributed by atoms with van der Waals surface area (Å²) in [6, 6.07) is 14.7. The molecule has 3 rings (SSSR count). The highest BCUT2D eigenvalue weighted by molar-refractivity contribution is 6.09. The molecule has 0 radical (unpaired) electrons. The summed E-state index contributed by atoms with van der Waals surface area (Å²) in [6.07, 6.45) is -3.29. The van der Waals surface area contributed by atoms with Gasteiger partial charge in [-0.05, 0) is 30.3 Å². The van der Waals surface area contributed by atoms with Crippen LogP contribution in [-0.2, 0) is 11.0 Å². The molecule has 0 fully saturated rings. The van der Waals surface area contributed by atoms with Gasteiger partial charge in [0.25, 0.3) is 5.91 Å². The van der Waals surface area contributed by atoms with Gasteiger partial charge in [0.1, 0.15) is 23.0 Å². The number of carbonyl (C=O) groups excluding carboxylic acids is 1. The van der Waals surface area contributed by atoms with E-state index in [1.807, 2.05) is 12.1 Å². The number of nitrogens with one attached hydrogen (secondary N) is 1. The van der Waals surface area contributed by atoms with Gasteiger partial charge in [-0.3, -0.25) is 4.79 Å². The average Bonchev–Trinajstić information content (AvgIpc) is 3.01. The number of hydrogen-bond acceptors (Lipinski definition) is 3. The topological polar surface area (TPSA) is 66.0 Å². The Hall–Kier alpha value is -3.53. The Morgan fingerprint density at radius 2 is 1.88 bits per heavy atom. The van der Waals surface area contributed by atoms with Gasteiger partial charge in [-0.1, -0.05) is 24.3 Å². The fourth-order valence-corrected chi connectivity index (χ4v) is 2.34. The van der Waals surface area contributed by atoms with Crippen LogP contribution >= 0.6 is 0 Å². The third-order valence-electron chi connectivity index (χ3n) is 3.54. The van der Waals surface area contributed by atoms with E-state index in [-0.39, 0.29) is 11.3 Å². The number of alkyl halides is 3. The van der Waals surface area contributed by atoms with Crippen molar-refractivity contribution >= 4 is 28.6 Å². The van der Waals surface area contributed by atoms with Gasteiger partial charge in [-0.2, -0.15) is 18.4 Å². The fraction of sp³-hybridized carbons (Fsp3) is 0.0526. The molecule has 1 amide bonds. The molecule has 0 saturated heterocycles. The molecule has 1 heterocycles. The second kappa shape index (κ2) is 6.76. The van der Waals surface area contributed by atoms with Crippen LogP contribution in [0.25, 0.3) is 17.0 Å². The third kappa shape index (κ3) is 3.75. The summed E-state index contributed by atoms with van der Waals surface area (Å²) in [4.78, 5) is 12.2. The third-order valence-corrected chi connectivity index (χ3v) is 3.54. The van der Waals surface area contributed by atoms with Gasteiger partial charge in [0.05, 0.1) is 5.56 Å². The number of halogens is 3. The van der Waals surface area contributed by atoms with Crippen LogP contribution in [-0.4, -0.2) is 5.91 Å². The number of amides is 1. The highest BCUT2D eigenvalue weighted by Crippen LogP contribution is 2.30. The van der Waals surface area contributed by atoms with E-state index in [9.17, 15) is 23.2 Å². The molecule has 0 aliphatic carbocycles. The molecule has 0 atom stereocenters. The number of para-hydroxylation sites is 1. The first-order valence-electron chi connectivity index (χ1n) is 7.46. The maximum atomic E-state index is 12.7. The number of carbonyl (C=O) groups is 1. The molecule has 3 aromatic rings. The zero-order valence-electron chi connectivity index (χ0n) is 13.2. The minimum absolute atomic E-state index is 0.0596. The number of rotatable bonds is 3. The number of nitriles is 1. The van der Waals surface area contributed by atoms with Crippen LogP contribution in [0.4, 0.5) is 18.9 Å². The summed E-state index contributed by atoms with van der Waals surface area (Å²) in [6.45, 7) is 0. The van der Waals surface area contributed by atoms with Crippen LogP contribution in [0.1, 0.15) is 11.3 Å². The van der Waals surface area contributed by atoms with Crippen LogP contribution in [0.15, 0.2) is 64.6 Å². The number of benzene rings is 2. The van der Waals surface area contributed by atoms with Crippen LogP contribution in [0.3, 0.4) is 0 Å². The summed E-state index contributed by atoms with van der Waals surface area (Å²) >= 11 is 0. The molecule has 0 bridgehead atoms. The second-order valence-corrected chi connectivity index (χ2v) is 5.39. The van der Waals surface area contributed by atoms with E-state index in [1.165, 1.54) is 18.2 Å². The maximum Gasteiger partial charge on any atom is 0.416 e. The van der Waals surface area contributed by atoms with E-state index in [1.54, 1.807) is 24.3 Å². The fourth-order valence-electron chi connectivity index (χ4n) is 2.34. The molecule has 1 aromatic heterocycles. The molecule has 0 spiro atoms. The Morgan fingerprint density at radius 3 is 2.58 bits per heavy atom. The molecule has 130 valence electrons. The molecule has 0 saturated carbocycles. The van der Waals surface area contributed by atoms with Crippen LogP contribution in [0.2, 0.25) is 0 Å². The van der Waals surface area contributed by atoms with Crippen LogP contribution in [0.5, 0.6) is 0 Å². The Bertz CT molecular complexity index is 1010. The van der Waals surface area contributed by atoms with Crippen molar-refractivity contribution in [1.82, 2.24) is 0 Å². The van der Waals surface area contributed by atoms with E-state index in [0.29, 0.717) is 11.3 Å². The highest BCUT2D eigenvalue weighted by atomic mass is 19.4. The monoisotopic (exact) mass is 356 g/mol. The van der Waals surface area contributed by atoms with Crippen molar-refractivity contribution in [1.29, 1.82) is 5.26 Å². The van der Waals surface area contributed by atoms with E-state index in [0.717, 1.165) is 17.5 Å². The summed E-state index contributed by atoms with van der Waals surface area (Å²) in [5, 5.41) is 12.3. The van der Waals surface area contributed by atoms with Gasteiger partial charge in [0, 0.05) is 17.1 Å². The minimum Gasteiger partial charge on any atom is -0.457 e. The van der Waals surface area contributed by atoms with Crippen LogP contribution < -0.4 is 5.32 Å². The first-order chi connectivity index (χ1) is 12.4. The van der Waals surface area contributed by atoms with Gasteiger partial charge < -0.3 is 9.73 Å². The summed E-state index contributed by atoms with van der Waals surface area (Å²) in [5.41, 5.74) is -0.651. The van der Waals surface area contributed by atoms with Crippen molar-refractivity contribution in [2.24, 2.45) is 0 Å². The van der Waals surface area contributed by atoms with Crippen molar-refractivity contribution in [2.75, 3.05) is 5.32 Å². The molecule has 7 heteroatoms. The number of furan rings is 1. The van der Waals surface area contributed by atoms with Crippen molar-refractivity contribution in [3.63, 3.8) is 0 Å². The predicted octanol–water partition coefficient (Wildman–Crippen LogP) is 5.00. The van der Waals surface area contributed by atoms with Crippen LogP contribution in [0, 0.1) is 11.3 Å². The summed E-state index contributed by atoms with van der Waals surface area (Å²) < 4.78 is 43.7. The van der Waals surface area contributed by atoms with Crippen molar-refractivity contribution in [3.8, 4) is 6.07 Å². The number of nitrogens with zero attached hydrogens (tertiary/aromatic N) is 1. The minimum atomic E-state index is -4.52. The standard InChI is InChI=1S/C19H11F3N2O2/c20-19(21,22)14-5-3-6-15(10-14)24-18(25)13(11-23)9-16-8-12-4-1-2-7-17(12)26-16/h1-10H,(H,24,25)/b13-9+. The molecule has 0 unspecified atom stereocenters. The lowest BCUT2D eigenvalue weighted by Crippen LogP contribution is -2.14. The van der Waals surface area contributed by atoms with Crippen molar-refractivity contribution in [2.45, 2.75) is 6.18 Å². The van der Waals surface area contributed by atoms with Gasteiger partial charge in [-0.15, -0.1) is 0 Å². The molecular weight excluding hydrogens is 345 g/mol. The Kier molecular flexibility index (Phi) is 4.50. The Morgan fingerprint density at radius 1 is 1.12 bits per heavy atom. The summed E-state index contributed by atoms with van der Waals surface area (Å²) in [5.74, 6) is -0.533. The normalized spacial score (nSPS) is 12.0. The molecule has 2 aromatic carbocycles. The van der Waals surface area contributed by atoms with Gasteiger partial charge >= 0.3 is 6.18 Å². The van der Waals surface area contributed by atoms with Gasteiger partial charge in [0.15, 0.2) is 0 Å². The molecule has 0 aliphatic heterocycles. The Balaban J connectivity index is 1.84. The molecule has 1 N–H and O–H groups in total. The van der Waals surface area contributed by atoms with Gasteiger partial charge in [0.2, 0.25) is 0 Å². The van der Waals surface area contributed by atoms with E-state index in [2.05, 4.69) is 5.32 Å². The maximum absolute atomic E-state index is 12.7. The lowest BCUT2D eigenvalue weighted by Gasteiger charge is -2.09. The first-order valence-corrected chi connectivity index (χ1v) is 7.46. The molecule has 26 heavy (non-hydrogen) atoms. The number of anilines is 1. The zero-order valence-corrected chi connectivity index (χ0v) is 13.2. The van der Waals surface area contributed by atoms with E-state index < -0.39 is 17.6 Å². The average molecular weight is 356 g/mol. The molecular formula is C19H11F3N2O2. The first kappa shape index (κ1) is 17.3. The zero-order chi connectivity index (χ0) is 18.7. The molecule has 0 aliphatic rings. The second-order valence-electron chi connectivity index (χ2n) is 5.39. The highest BCUT2D eigenvalue weighted by Gasteiger charge is 2.30. The summed E-state index contributed by atoms with van der Waals surface area (Å²) in [7, 11) is 0. The van der Waals surface area contributed by atoms with E-state index in [4.69, 9.17) is 4.42 Å². The smallest absolute Gasteiger partial charge is 0.416 e. The largest absolute Gasteiger partial charge is 0.457 e. The number of fused-ring (bicyclic) bond motifs is 1.